The number of urea groups is 1. The van der Waals surface area contributed by atoms with Crippen molar-refractivity contribution in [3.05, 3.63) is 72.4 Å². The van der Waals surface area contributed by atoms with E-state index in [0.29, 0.717) is 11.3 Å². The van der Waals surface area contributed by atoms with Crippen LogP contribution in [0.4, 0.5) is 4.79 Å². The quantitative estimate of drug-likeness (QED) is 0.470. The van der Waals surface area contributed by atoms with Crippen LogP contribution >= 0.6 is 0 Å². The van der Waals surface area contributed by atoms with Crippen LogP contribution in [0.25, 0.3) is 16.9 Å². The molecule has 3 aromatic rings. The molecule has 2 heterocycles. The molecule has 156 valence electrons. The van der Waals surface area contributed by atoms with Crippen molar-refractivity contribution >= 4 is 17.8 Å². The molecule has 0 N–H and O–H groups in total. The maximum atomic E-state index is 13.0. The molecule has 5 rings (SSSR count). The molecule has 0 radical (unpaired) electrons. The smallest absolute Gasteiger partial charge is 0.263 e. The molecule has 0 bridgehead atoms. The van der Waals surface area contributed by atoms with E-state index in [-0.39, 0.29) is 12.6 Å². The van der Waals surface area contributed by atoms with E-state index in [1.165, 1.54) is 4.90 Å². The van der Waals surface area contributed by atoms with Gasteiger partial charge in [-0.3, -0.25) is 19.4 Å². The van der Waals surface area contributed by atoms with Crippen LogP contribution in [-0.2, 0) is 16.1 Å². The third-order valence-corrected chi connectivity index (χ3v) is 5.96. The van der Waals surface area contributed by atoms with Crippen molar-refractivity contribution in [1.82, 2.24) is 19.6 Å². The number of hydrogen-bond acceptors (Lipinski definition) is 4. The molecule has 0 unspecified atom stereocenters. The van der Waals surface area contributed by atoms with Gasteiger partial charge in [0, 0.05) is 23.4 Å². The highest BCUT2D eigenvalue weighted by Crippen LogP contribution is 2.30. The standard InChI is InChI=1S/C24H22N4O3/c29-22-23(30)28(20-13-7-8-14-20)24(31)26(22)15-18-16-27(19-11-5-2-6-12-19)25-21(18)17-9-3-1-4-10-17/h1-6,9-12,16,20H,7-8,13-15H2. The number of carbonyl (C=O) groups excluding carboxylic acids is 3. The van der Waals surface area contributed by atoms with Crippen LogP contribution in [0.1, 0.15) is 31.2 Å². The van der Waals surface area contributed by atoms with E-state index < -0.39 is 17.8 Å². The zero-order valence-electron chi connectivity index (χ0n) is 17.0. The summed E-state index contributed by atoms with van der Waals surface area (Å²) in [7, 11) is 0. The van der Waals surface area contributed by atoms with E-state index in [0.717, 1.165) is 41.8 Å². The predicted molar refractivity (Wildman–Crippen MR) is 114 cm³/mol. The molecular weight excluding hydrogens is 392 g/mol. The van der Waals surface area contributed by atoms with Crippen LogP contribution in [0.3, 0.4) is 0 Å². The lowest BCUT2D eigenvalue weighted by Gasteiger charge is -2.21. The molecule has 31 heavy (non-hydrogen) atoms. The van der Waals surface area contributed by atoms with Crippen molar-refractivity contribution in [2.45, 2.75) is 38.3 Å². The fourth-order valence-corrected chi connectivity index (χ4v) is 4.39. The van der Waals surface area contributed by atoms with E-state index in [1.54, 1.807) is 4.68 Å². The van der Waals surface area contributed by atoms with Crippen molar-refractivity contribution in [2.24, 2.45) is 0 Å². The summed E-state index contributed by atoms with van der Waals surface area (Å²) < 4.78 is 1.74. The van der Waals surface area contributed by atoms with Crippen LogP contribution in [0, 0.1) is 0 Å². The summed E-state index contributed by atoms with van der Waals surface area (Å²) in [6, 6.07) is 18.6. The number of nitrogens with zero attached hydrogens (tertiary/aromatic N) is 4. The minimum absolute atomic E-state index is 0.00366. The molecule has 2 aromatic carbocycles. The number of rotatable bonds is 5. The Balaban J connectivity index is 1.51. The Morgan fingerprint density at radius 2 is 1.48 bits per heavy atom. The molecule has 1 aromatic heterocycles. The highest BCUT2D eigenvalue weighted by atomic mass is 16.2. The molecule has 1 aliphatic heterocycles. The lowest BCUT2D eigenvalue weighted by atomic mass is 10.1. The van der Waals surface area contributed by atoms with Crippen LogP contribution in [-0.4, -0.2) is 43.5 Å². The van der Waals surface area contributed by atoms with Crippen LogP contribution in [0.2, 0.25) is 0 Å². The number of para-hydroxylation sites is 1. The fourth-order valence-electron chi connectivity index (χ4n) is 4.39. The van der Waals surface area contributed by atoms with Gasteiger partial charge < -0.3 is 0 Å². The molecule has 7 heteroatoms. The van der Waals surface area contributed by atoms with Crippen LogP contribution in [0.5, 0.6) is 0 Å². The third-order valence-electron chi connectivity index (χ3n) is 5.96. The molecule has 2 aliphatic rings. The van der Waals surface area contributed by atoms with Gasteiger partial charge in [0.15, 0.2) is 0 Å². The number of amides is 4. The average Bonchev–Trinajstić information content (AvgIpc) is 3.52. The van der Waals surface area contributed by atoms with Gasteiger partial charge >= 0.3 is 17.8 Å². The summed E-state index contributed by atoms with van der Waals surface area (Å²) in [5.74, 6) is -1.48. The van der Waals surface area contributed by atoms with Crippen molar-refractivity contribution in [3.8, 4) is 16.9 Å². The third kappa shape index (κ3) is 3.42. The van der Waals surface area contributed by atoms with E-state index >= 15 is 0 Å². The molecule has 1 saturated carbocycles. The summed E-state index contributed by atoms with van der Waals surface area (Å²) in [4.78, 5) is 40.5. The second-order valence-corrected chi connectivity index (χ2v) is 7.94. The van der Waals surface area contributed by atoms with Crippen molar-refractivity contribution in [2.75, 3.05) is 0 Å². The van der Waals surface area contributed by atoms with Gasteiger partial charge in [0.25, 0.3) is 0 Å². The Kier molecular flexibility index (Phi) is 4.86. The first-order valence-electron chi connectivity index (χ1n) is 10.5. The van der Waals surface area contributed by atoms with Gasteiger partial charge in [-0.2, -0.15) is 5.10 Å². The number of aromatic nitrogens is 2. The number of hydrogen-bond donors (Lipinski definition) is 0. The fraction of sp³-hybridized carbons (Fsp3) is 0.250. The zero-order valence-corrected chi connectivity index (χ0v) is 17.0. The van der Waals surface area contributed by atoms with Crippen LogP contribution < -0.4 is 0 Å². The molecule has 1 aliphatic carbocycles. The average molecular weight is 414 g/mol. The Morgan fingerprint density at radius 1 is 0.839 bits per heavy atom. The normalized spacial score (nSPS) is 17.2. The summed E-state index contributed by atoms with van der Waals surface area (Å²) >= 11 is 0. The minimum Gasteiger partial charge on any atom is -0.263 e. The Bertz CT molecular complexity index is 1130. The molecule has 4 amide bonds. The second kappa shape index (κ2) is 7.83. The largest absolute Gasteiger partial charge is 0.334 e. The highest BCUT2D eigenvalue weighted by Gasteiger charge is 2.48. The van der Waals surface area contributed by atoms with E-state index in [9.17, 15) is 14.4 Å². The summed E-state index contributed by atoms with van der Waals surface area (Å²) in [5, 5.41) is 4.73. The van der Waals surface area contributed by atoms with Gasteiger partial charge in [0.1, 0.15) is 0 Å². The Labute approximate surface area is 179 Å². The molecule has 1 saturated heterocycles. The summed E-state index contributed by atoms with van der Waals surface area (Å²) in [5.41, 5.74) is 3.13. The van der Waals surface area contributed by atoms with E-state index in [1.807, 2.05) is 66.9 Å². The molecule has 2 fully saturated rings. The van der Waals surface area contributed by atoms with Crippen molar-refractivity contribution in [1.29, 1.82) is 0 Å². The van der Waals surface area contributed by atoms with E-state index in [4.69, 9.17) is 5.10 Å². The Hall–Kier alpha value is -3.74. The topological polar surface area (TPSA) is 75.5 Å². The van der Waals surface area contributed by atoms with Gasteiger partial charge in [-0.1, -0.05) is 61.4 Å². The van der Waals surface area contributed by atoms with Gasteiger partial charge in [-0.25, -0.2) is 9.48 Å². The summed E-state index contributed by atoms with van der Waals surface area (Å²) in [6.45, 7) is 0.00366. The molecular formula is C24H22N4O3. The molecule has 0 atom stereocenters. The minimum atomic E-state index is -0.761. The van der Waals surface area contributed by atoms with Crippen LogP contribution in [0.15, 0.2) is 66.9 Å². The lowest BCUT2D eigenvalue weighted by Crippen LogP contribution is -2.39. The van der Waals surface area contributed by atoms with Gasteiger partial charge in [-0.05, 0) is 25.0 Å². The summed E-state index contributed by atoms with van der Waals surface area (Å²) in [6.07, 6.45) is 5.29. The number of imide groups is 2. The van der Waals surface area contributed by atoms with Gasteiger partial charge in [0.05, 0.1) is 17.9 Å². The second-order valence-electron chi connectivity index (χ2n) is 7.94. The molecule has 7 nitrogen and oxygen atoms in total. The number of carbonyl (C=O) groups is 3. The zero-order chi connectivity index (χ0) is 21.4. The van der Waals surface area contributed by atoms with Crippen molar-refractivity contribution < 1.29 is 14.4 Å². The predicted octanol–water partition coefficient (Wildman–Crippen LogP) is 3.77. The monoisotopic (exact) mass is 414 g/mol. The SMILES string of the molecule is O=C1C(=O)N(C2CCCC2)C(=O)N1Cc1cn(-c2ccccc2)nc1-c1ccccc1. The Morgan fingerprint density at radius 3 is 2.16 bits per heavy atom. The maximum Gasteiger partial charge on any atom is 0.334 e. The van der Waals surface area contributed by atoms with Gasteiger partial charge in [0.2, 0.25) is 0 Å². The molecule has 0 spiro atoms. The van der Waals surface area contributed by atoms with E-state index in [2.05, 4.69) is 0 Å². The van der Waals surface area contributed by atoms with Gasteiger partial charge in [-0.15, -0.1) is 0 Å². The maximum absolute atomic E-state index is 13.0. The first-order valence-corrected chi connectivity index (χ1v) is 10.5. The first-order chi connectivity index (χ1) is 15.1. The first kappa shape index (κ1) is 19.2. The number of benzene rings is 2. The van der Waals surface area contributed by atoms with Crippen molar-refractivity contribution in [3.63, 3.8) is 0 Å². The highest BCUT2D eigenvalue weighted by molar-refractivity contribution is 6.44. The lowest BCUT2D eigenvalue weighted by molar-refractivity contribution is -0.144.